The topological polar surface area (TPSA) is 37.4 Å². The molecule has 0 N–H and O–H groups in total. The number of hydrogen-bond donors (Lipinski definition) is 0. The van der Waals surface area contributed by atoms with Crippen molar-refractivity contribution in [1.82, 2.24) is 4.31 Å². The number of thiophene rings is 1. The van der Waals surface area contributed by atoms with Crippen molar-refractivity contribution in [2.75, 3.05) is 6.54 Å². The van der Waals surface area contributed by atoms with E-state index in [1.165, 1.54) is 27.8 Å². The zero-order valence-corrected chi connectivity index (χ0v) is 13.1. The van der Waals surface area contributed by atoms with Crippen LogP contribution in [0.1, 0.15) is 11.8 Å². The van der Waals surface area contributed by atoms with Crippen molar-refractivity contribution in [3.8, 4) is 0 Å². The maximum atomic E-state index is 13.8. The van der Waals surface area contributed by atoms with E-state index in [-0.39, 0.29) is 23.0 Å². The predicted octanol–water partition coefficient (Wildman–Crippen LogP) is 3.75. The fourth-order valence-corrected chi connectivity index (χ4v) is 4.20. The molecule has 0 radical (unpaired) electrons. The molecule has 2 rings (SSSR count). The molecule has 0 fully saturated rings. The summed E-state index contributed by atoms with van der Waals surface area (Å²) in [5.74, 6) is -0.831. The third-order valence-corrected chi connectivity index (χ3v) is 5.83. The molecule has 108 valence electrons. The molecule has 0 spiro atoms. The van der Waals surface area contributed by atoms with E-state index in [0.29, 0.717) is 0 Å². The summed E-state index contributed by atoms with van der Waals surface area (Å²) in [6.07, 6.45) is 0. The Kier molecular flexibility index (Phi) is 4.80. The quantitative estimate of drug-likeness (QED) is 0.835. The van der Waals surface area contributed by atoms with Gasteiger partial charge in [0, 0.05) is 23.0 Å². The highest BCUT2D eigenvalue weighted by atomic mass is 35.5. The van der Waals surface area contributed by atoms with Gasteiger partial charge in [-0.05, 0) is 29.6 Å². The summed E-state index contributed by atoms with van der Waals surface area (Å²) in [5.41, 5.74) is 0. The highest BCUT2D eigenvalue weighted by molar-refractivity contribution is 7.89. The lowest BCUT2D eigenvalue weighted by molar-refractivity contribution is 0.422. The fraction of sp³-hybridized carbons (Fsp3) is 0.231. The molecule has 0 amide bonds. The average molecular weight is 334 g/mol. The van der Waals surface area contributed by atoms with Crippen molar-refractivity contribution in [2.45, 2.75) is 18.4 Å². The van der Waals surface area contributed by atoms with Crippen LogP contribution in [0.4, 0.5) is 4.39 Å². The van der Waals surface area contributed by atoms with E-state index in [1.54, 1.807) is 6.92 Å². The SMILES string of the molecule is CCN(Cc1cccs1)S(=O)(=O)c1ccc(Cl)cc1F. The summed E-state index contributed by atoms with van der Waals surface area (Å²) in [6.45, 7) is 2.22. The van der Waals surface area contributed by atoms with Crippen LogP contribution in [-0.4, -0.2) is 19.3 Å². The van der Waals surface area contributed by atoms with E-state index >= 15 is 0 Å². The molecule has 3 nitrogen and oxygen atoms in total. The van der Waals surface area contributed by atoms with Crippen LogP contribution in [0.5, 0.6) is 0 Å². The molecule has 0 aliphatic heterocycles. The second kappa shape index (κ2) is 6.22. The molecule has 0 aliphatic carbocycles. The zero-order valence-electron chi connectivity index (χ0n) is 10.7. The van der Waals surface area contributed by atoms with Gasteiger partial charge in [-0.15, -0.1) is 11.3 Å². The molecule has 1 heterocycles. The monoisotopic (exact) mass is 333 g/mol. The summed E-state index contributed by atoms with van der Waals surface area (Å²) < 4.78 is 40.0. The Balaban J connectivity index is 2.36. The largest absolute Gasteiger partial charge is 0.246 e. The van der Waals surface area contributed by atoms with Crippen molar-refractivity contribution >= 4 is 33.0 Å². The first-order chi connectivity index (χ1) is 9.45. The number of benzene rings is 1. The lowest BCUT2D eigenvalue weighted by Gasteiger charge is -2.20. The molecule has 1 aromatic carbocycles. The van der Waals surface area contributed by atoms with Crippen LogP contribution in [0.25, 0.3) is 0 Å². The second-order valence-electron chi connectivity index (χ2n) is 4.09. The zero-order chi connectivity index (χ0) is 14.8. The minimum atomic E-state index is -3.87. The van der Waals surface area contributed by atoms with Gasteiger partial charge in [0.25, 0.3) is 0 Å². The summed E-state index contributed by atoms with van der Waals surface area (Å²) in [7, 11) is -3.87. The average Bonchev–Trinajstić information content (AvgIpc) is 2.88. The number of rotatable bonds is 5. The van der Waals surface area contributed by atoms with Crippen LogP contribution < -0.4 is 0 Å². The van der Waals surface area contributed by atoms with Gasteiger partial charge < -0.3 is 0 Å². The van der Waals surface area contributed by atoms with Gasteiger partial charge in [0.1, 0.15) is 10.7 Å². The van der Waals surface area contributed by atoms with Crippen molar-refractivity contribution < 1.29 is 12.8 Å². The molecule has 1 aromatic heterocycles. The van der Waals surface area contributed by atoms with E-state index in [0.717, 1.165) is 10.9 Å². The number of nitrogens with zero attached hydrogens (tertiary/aromatic N) is 1. The van der Waals surface area contributed by atoms with Gasteiger partial charge in [0.2, 0.25) is 10.0 Å². The molecular formula is C13H13ClFNO2S2. The summed E-state index contributed by atoms with van der Waals surface area (Å²) >= 11 is 7.11. The van der Waals surface area contributed by atoms with E-state index < -0.39 is 15.8 Å². The van der Waals surface area contributed by atoms with Crippen molar-refractivity contribution in [3.05, 3.63) is 51.4 Å². The van der Waals surface area contributed by atoms with Crippen molar-refractivity contribution in [2.24, 2.45) is 0 Å². The van der Waals surface area contributed by atoms with Crippen LogP contribution in [0.2, 0.25) is 5.02 Å². The van der Waals surface area contributed by atoms with E-state index in [2.05, 4.69) is 0 Å². The van der Waals surface area contributed by atoms with Gasteiger partial charge >= 0.3 is 0 Å². The molecule has 20 heavy (non-hydrogen) atoms. The Morgan fingerprint density at radius 3 is 2.65 bits per heavy atom. The van der Waals surface area contributed by atoms with Crippen LogP contribution in [0, 0.1) is 5.82 Å². The standard InChI is InChI=1S/C13H13ClFNO2S2/c1-2-16(9-11-4-3-7-19-11)20(17,18)13-6-5-10(14)8-12(13)15/h3-8H,2,9H2,1H3. The fourth-order valence-electron chi connectivity index (χ4n) is 1.77. The molecule has 0 atom stereocenters. The van der Waals surface area contributed by atoms with Crippen molar-refractivity contribution in [3.63, 3.8) is 0 Å². The molecule has 7 heteroatoms. The van der Waals surface area contributed by atoms with Gasteiger partial charge in [0.05, 0.1) is 0 Å². The molecule has 0 bridgehead atoms. The van der Waals surface area contributed by atoms with Crippen molar-refractivity contribution in [1.29, 1.82) is 0 Å². The van der Waals surface area contributed by atoms with Crippen LogP contribution in [0.3, 0.4) is 0 Å². The molecule has 0 unspecified atom stereocenters. The highest BCUT2D eigenvalue weighted by Gasteiger charge is 2.26. The Labute approximate surface area is 126 Å². The minimum Gasteiger partial charge on any atom is -0.207 e. The summed E-state index contributed by atoms with van der Waals surface area (Å²) in [4.78, 5) is 0.560. The van der Waals surface area contributed by atoms with Crippen LogP contribution >= 0.6 is 22.9 Å². The molecule has 0 saturated heterocycles. The lowest BCUT2D eigenvalue weighted by Crippen LogP contribution is -2.30. The third kappa shape index (κ3) is 3.20. The van der Waals surface area contributed by atoms with Crippen LogP contribution in [0.15, 0.2) is 40.6 Å². The Bertz CT molecular complexity index is 686. The maximum absolute atomic E-state index is 13.8. The van der Waals surface area contributed by atoms with Gasteiger partial charge in [-0.3, -0.25) is 0 Å². The Hall–Kier alpha value is -0.950. The maximum Gasteiger partial charge on any atom is 0.246 e. The number of hydrogen-bond acceptors (Lipinski definition) is 3. The number of halogens is 2. The normalized spacial score (nSPS) is 12.0. The molecular weight excluding hydrogens is 321 g/mol. The van der Waals surface area contributed by atoms with Gasteiger partial charge in [0.15, 0.2) is 0 Å². The van der Waals surface area contributed by atoms with Gasteiger partial charge in [-0.25, -0.2) is 12.8 Å². The highest BCUT2D eigenvalue weighted by Crippen LogP contribution is 2.24. The Morgan fingerprint density at radius 1 is 1.35 bits per heavy atom. The second-order valence-corrected chi connectivity index (χ2v) is 7.46. The molecule has 0 aliphatic rings. The lowest BCUT2D eigenvalue weighted by atomic mass is 10.3. The first-order valence-corrected chi connectivity index (χ1v) is 8.62. The summed E-state index contributed by atoms with van der Waals surface area (Å²) in [6, 6.07) is 7.28. The predicted molar refractivity (Wildman–Crippen MR) is 79.0 cm³/mol. The van der Waals surface area contributed by atoms with Gasteiger partial charge in [-0.1, -0.05) is 24.6 Å². The van der Waals surface area contributed by atoms with E-state index in [1.807, 2.05) is 17.5 Å². The van der Waals surface area contributed by atoms with E-state index in [9.17, 15) is 12.8 Å². The third-order valence-electron chi connectivity index (χ3n) is 2.78. The van der Waals surface area contributed by atoms with Gasteiger partial charge in [-0.2, -0.15) is 4.31 Å². The van der Waals surface area contributed by atoms with Crippen LogP contribution in [-0.2, 0) is 16.6 Å². The Morgan fingerprint density at radius 2 is 2.10 bits per heavy atom. The minimum absolute atomic E-state index is 0.169. The molecule has 0 saturated carbocycles. The first-order valence-electron chi connectivity index (χ1n) is 5.92. The first kappa shape index (κ1) is 15.4. The summed E-state index contributed by atoms with van der Waals surface area (Å²) in [5, 5.41) is 2.04. The number of sulfonamides is 1. The molecule has 2 aromatic rings. The smallest absolute Gasteiger partial charge is 0.207 e. The van der Waals surface area contributed by atoms with E-state index in [4.69, 9.17) is 11.6 Å².